The molecule has 132 valence electrons. The van der Waals surface area contributed by atoms with Gasteiger partial charge in [0.1, 0.15) is 5.82 Å². The number of nitrogens with zero attached hydrogens (tertiary/aromatic N) is 3. The Morgan fingerprint density at radius 1 is 1.15 bits per heavy atom. The van der Waals surface area contributed by atoms with Crippen molar-refractivity contribution in [2.24, 2.45) is 0 Å². The van der Waals surface area contributed by atoms with Crippen molar-refractivity contribution in [1.29, 1.82) is 0 Å². The topological polar surface area (TPSA) is 58.1 Å². The summed E-state index contributed by atoms with van der Waals surface area (Å²) in [6, 6.07) is 13.6. The van der Waals surface area contributed by atoms with Crippen molar-refractivity contribution < 1.29 is 4.79 Å². The molecular formula is C21H22N4O. The standard InChI is InChI=1S/C21H22N4O/c1-15-12-18(17-6-2-3-7-19(17)24-15)21(26)23-14-16-8-9-22-20(13-16)25-10-4-5-11-25/h2-3,6-9,12-13H,4-5,10-11,14H2,1H3,(H,23,26). The molecule has 3 heterocycles. The summed E-state index contributed by atoms with van der Waals surface area (Å²) in [7, 11) is 0. The zero-order valence-corrected chi connectivity index (χ0v) is 14.9. The number of carbonyl (C=O) groups excluding carboxylic acids is 1. The molecular weight excluding hydrogens is 324 g/mol. The maximum absolute atomic E-state index is 12.8. The molecule has 0 bridgehead atoms. The van der Waals surface area contributed by atoms with Crippen LogP contribution < -0.4 is 10.2 Å². The number of amides is 1. The van der Waals surface area contributed by atoms with E-state index in [0.717, 1.165) is 41.1 Å². The van der Waals surface area contributed by atoms with Crippen LogP contribution in [0, 0.1) is 6.92 Å². The van der Waals surface area contributed by atoms with Gasteiger partial charge in [0.05, 0.1) is 11.1 Å². The quantitative estimate of drug-likeness (QED) is 0.786. The largest absolute Gasteiger partial charge is 0.357 e. The Morgan fingerprint density at radius 2 is 1.96 bits per heavy atom. The first-order chi connectivity index (χ1) is 12.7. The fraction of sp³-hybridized carbons (Fsp3) is 0.286. The summed E-state index contributed by atoms with van der Waals surface area (Å²) in [6.45, 7) is 4.52. The molecule has 0 atom stereocenters. The molecule has 1 N–H and O–H groups in total. The van der Waals surface area contributed by atoms with Crippen molar-refractivity contribution in [1.82, 2.24) is 15.3 Å². The molecule has 3 aromatic rings. The predicted octanol–water partition coefficient (Wildman–Crippen LogP) is 3.47. The van der Waals surface area contributed by atoms with Gasteiger partial charge in [-0.3, -0.25) is 9.78 Å². The van der Waals surface area contributed by atoms with Crippen molar-refractivity contribution in [3.8, 4) is 0 Å². The molecule has 0 saturated carbocycles. The number of pyridine rings is 2. The maximum Gasteiger partial charge on any atom is 0.252 e. The molecule has 4 rings (SSSR count). The fourth-order valence-corrected chi connectivity index (χ4v) is 3.46. The van der Waals surface area contributed by atoms with E-state index in [1.807, 2.05) is 49.5 Å². The summed E-state index contributed by atoms with van der Waals surface area (Å²) in [4.78, 5) is 24.0. The SMILES string of the molecule is Cc1cc(C(=O)NCc2ccnc(N3CCCC3)c2)c2ccccc2n1. The first-order valence-electron chi connectivity index (χ1n) is 9.05. The van der Waals surface area contributed by atoms with E-state index in [2.05, 4.69) is 26.3 Å². The lowest BCUT2D eigenvalue weighted by Gasteiger charge is -2.17. The molecule has 0 spiro atoms. The second-order valence-electron chi connectivity index (χ2n) is 6.73. The average molecular weight is 346 g/mol. The fourth-order valence-electron chi connectivity index (χ4n) is 3.46. The number of hydrogen-bond donors (Lipinski definition) is 1. The number of hydrogen-bond acceptors (Lipinski definition) is 4. The number of fused-ring (bicyclic) bond motifs is 1. The normalized spacial score (nSPS) is 14.0. The molecule has 0 radical (unpaired) electrons. The van der Waals surface area contributed by atoms with Crippen LogP contribution in [0.25, 0.3) is 10.9 Å². The molecule has 5 nitrogen and oxygen atoms in total. The van der Waals surface area contributed by atoms with Gasteiger partial charge in [-0.05, 0) is 49.6 Å². The van der Waals surface area contributed by atoms with Gasteiger partial charge in [-0.1, -0.05) is 18.2 Å². The lowest BCUT2D eigenvalue weighted by molar-refractivity contribution is 0.0952. The smallest absolute Gasteiger partial charge is 0.252 e. The van der Waals surface area contributed by atoms with Crippen LogP contribution in [0.3, 0.4) is 0 Å². The monoisotopic (exact) mass is 346 g/mol. The number of aromatic nitrogens is 2. The van der Waals surface area contributed by atoms with Crippen molar-refractivity contribution in [3.63, 3.8) is 0 Å². The summed E-state index contributed by atoms with van der Waals surface area (Å²) >= 11 is 0. The van der Waals surface area contributed by atoms with Crippen LogP contribution in [0.15, 0.2) is 48.7 Å². The summed E-state index contributed by atoms with van der Waals surface area (Å²) in [6.07, 6.45) is 4.26. The number of nitrogens with one attached hydrogen (secondary N) is 1. The first kappa shape index (κ1) is 16.5. The second-order valence-corrected chi connectivity index (χ2v) is 6.73. The second kappa shape index (κ2) is 7.12. The van der Waals surface area contributed by atoms with E-state index in [1.165, 1.54) is 12.8 Å². The predicted molar refractivity (Wildman–Crippen MR) is 103 cm³/mol. The summed E-state index contributed by atoms with van der Waals surface area (Å²) in [5, 5.41) is 3.92. The molecule has 2 aromatic heterocycles. The van der Waals surface area contributed by atoms with Gasteiger partial charge in [-0.25, -0.2) is 4.98 Å². The van der Waals surface area contributed by atoms with E-state index in [1.54, 1.807) is 0 Å². The highest BCUT2D eigenvalue weighted by Gasteiger charge is 2.15. The van der Waals surface area contributed by atoms with Crippen LogP contribution in [-0.4, -0.2) is 29.0 Å². The third-order valence-electron chi connectivity index (χ3n) is 4.78. The maximum atomic E-state index is 12.8. The first-order valence-corrected chi connectivity index (χ1v) is 9.05. The van der Waals surface area contributed by atoms with E-state index in [9.17, 15) is 4.79 Å². The molecule has 5 heteroatoms. The van der Waals surface area contributed by atoms with Crippen LogP contribution in [0.5, 0.6) is 0 Å². The number of benzene rings is 1. The summed E-state index contributed by atoms with van der Waals surface area (Å²) < 4.78 is 0. The van der Waals surface area contributed by atoms with Crippen molar-refractivity contribution >= 4 is 22.6 Å². The minimum absolute atomic E-state index is 0.0776. The molecule has 1 aliphatic heterocycles. The zero-order chi connectivity index (χ0) is 17.9. The summed E-state index contributed by atoms with van der Waals surface area (Å²) in [5.41, 5.74) is 3.42. The van der Waals surface area contributed by atoms with Crippen molar-refractivity contribution in [2.45, 2.75) is 26.3 Å². The van der Waals surface area contributed by atoms with Gasteiger partial charge in [-0.2, -0.15) is 0 Å². The third-order valence-corrected chi connectivity index (χ3v) is 4.78. The van der Waals surface area contributed by atoms with Crippen LogP contribution in [0.1, 0.15) is 34.5 Å². The Labute approximate surface area is 153 Å². The van der Waals surface area contributed by atoms with Gasteiger partial charge in [-0.15, -0.1) is 0 Å². The number of aryl methyl sites for hydroxylation is 1. The highest BCUT2D eigenvalue weighted by Crippen LogP contribution is 2.20. The molecule has 1 fully saturated rings. The lowest BCUT2D eigenvalue weighted by Crippen LogP contribution is -2.24. The van der Waals surface area contributed by atoms with Crippen molar-refractivity contribution in [3.05, 3.63) is 65.5 Å². The molecule has 1 amide bonds. The van der Waals surface area contributed by atoms with E-state index in [0.29, 0.717) is 12.1 Å². The number of para-hydroxylation sites is 1. The number of carbonyl (C=O) groups is 1. The molecule has 0 unspecified atom stereocenters. The van der Waals surface area contributed by atoms with Gasteiger partial charge in [0.15, 0.2) is 0 Å². The van der Waals surface area contributed by atoms with E-state index >= 15 is 0 Å². The Bertz CT molecular complexity index is 948. The van der Waals surface area contributed by atoms with Gasteiger partial charge in [0.25, 0.3) is 5.91 Å². The Hall–Kier alpha value is -2.95. The van der Waals surface area contributed by atoms with Crippen LogP contribution in [-0.2, 0) is 6.54 Å². The zero-order valence-electron chi connectivity index (χ0n) is 14.9. The highest BCUT2D eigenvalue weighted by molar-refractivity contribution is 6.06. The van der Waals surface area contributed by atoms with E-state index in [-0.39, 0.29) is 5.91 Å². The average Bonchev–Trinajstić information content (AvgIpc) is 3.20. The van der Waals surface area contributed by atoms with Crippen LogP contribution >= 0.6 is 0 Å². The molecule has 1 aromatic carbocycles. The molecule has 26 heavy (non-hydrogen) atoms. The third kappa shape index (κ3) is 3.38. The highest BCUT2D eigenvalue weighted by atomic mass is 16.1. The number of rotatable bonds is 4. The van der Waals surface area contributed by atoms with E-state index in [4.69, 9.17) is 0 Å². The lowest BCUT2D eigenvalue weighted by atomic mass is 10.1. The van der Waals surface area contributed by atoms with Crippen molar-refractivity contribution in [2.75, 3.05) is 18.0 Å². The minimum atomic E-state index is -0.0776. The summed E-state index contributed by atoms with van der Waals surface area (Å²) in [5.74, 6) is 0.922. The van der Waals surface area contributed by atoms with Crippen LogP contribution in [0.4, 0.5) is 5.82 Å². The van der Waals surface area contributed by atoms with Gasteiger partial charge in [0, 0.05) is 36.9 Å². The van der Waals surface area contributed by atoms with E-state index < -0.39 is 0 Å². The number of anilines is 1. The molecule has 1 aliphatic rings. The van der Waals surface area contributed by atoms with Crippen LogP contribution in [0.2, 0.25) is 0 Å². The molecule has 0 aliphatic carbocycles. The Morgan fingerprint density at radius 3 is 2.81 bits per heavy atom. The molecule has 1 saturated heterocycles. The Balaban J connectivity index is 1.52. The van der Waals surface area contributed by atoms with Gasteiger partial charge >= 0.3 is 0 Å². The minimum Gasteiger partial charge on any atom is -0.357 e. The van der Waals surface area contributed by atoms with Gasteiger partial charge in [0.2, 0.25) is 0 Å². The van der Waals surface area contributed by atoms with Gasteiger partial charge < -0.3 is 10.2 Å². The Kier molecular flexibility index (Phi) is 4.52.